The van der Waals surface area contributed by atoms with Crippen LogP contribution in [0.1, 0.15) is 64.7 Å². The smallest absolute Gasteiger partial charge is 0.0107 e. The van der Waals surface area contributed by atoms with Gasteiger partial charge in [0, 0.05) is 19.1 Å². The fraction of sp³-hybridized carbons (Fsp3) is 1.00. The van der Waals surface area contributed by atoms with E-state index in [1.807, 2.05) is 0 Å². The van der Waals surface area contributed by atoms with Crippen molar-refractivity contribution in [3.05, 3.63) is 0 Å². The normalized spacial score (nSPS) is 18.5. The van der Waals surface area contributed by atoms with Crippen molar-refractivity contribution in [1.29, 1.82) is 0 Å². The van der Waals surface area contributed by atoms with E-state index in [-0.39, 0.29) is 0 Å². The third-order valence-electron chi connectivity index (χ3n) is 4.05. The van der Waals surface area contributed by atoms with Crippen LogP contribution in [0.3, 0.4) is 0 Å². The zero-order chi connectivity index (χ0) is 12.3. The molecule has 2 nitrogen and oxygen atoms in total. The van der Waals surface area contributed by atoms with Crippen molar-refractivity contribution in [3.63, 3.8) is 0 Å². The number of nitrogens with one attached hydrogen (secondary N) is 1. The molecule has 102 valence electrons. The molecule has 0 spiro atoms. The average molecular weight is 240 g/mol. The number of nitrogens with zero attached hydrogens (tertiary/aromatic N) is 1. The van der Waals surface area contributed by atoms with E-state index in [1.54, 1.807) is 0 Å². The van der Waals surface area contributed by atoms with E-state index >= 15 is 0 Å². The molecular weight excluding hydrogens is 208 g/mol. The van der Waals surface area contributed by atoms with E-state index in [9.17, 15) is 0 Å². The van der Waals surface area contributed by atoms with Crippen LogP contribution in [0.25, 0.3) is 0 Å². The maximum atomic E-state index is 3.56. The second-order valence-corrected chi connectivity index (χ2v) is 5.58. The molecule has 0 atom stereocenters. The van der Waals surface area contributed by atoms with Gasteiger partial charge in [0.05, 0.1) is 0 Å². The first-order chi connectivity index (χ1) is 8.34. The minimum Gasteiger partial charge on any atom is -0.315 e. The molecule has 17 heavy (non-hydrogen) atoms. The molecule has 1 N–H and O–H groups in total. The van der Waals surface area contributed by atoms with Gasteiger partial charge in [-0.3, -0.25) is 0 Å². The molecular formula is C15H32N2. The number of hydrogen-bond acceptors (Lipinski definition) is 2. The number of likely N-dealkylation sites (N-methyl/N-ethyl adjacent to an activating group) is 1. The Hall–Kier alpha value is -0.0800. The van der Waals surface area contributed by atoms with Crippen molar-refractivity contribution >= 4 is 0 Å². The van der Waals surface area contributed by atoms with Crippen LogP contribution in [0.15, 0.2) is 0 Å². The third-order valence-corrected chi connectivity index (χ3v) is 4.05. The highest BCUT2D eigenvalue weighted by Gasteiger charge is 2.15. The zero-order valence-corrected chi connectivity index (χ0v) is 12.0. The highest BCUT2D eigenvalue weighted by atomic mass is 15.1. The van der Waals surface area contributed by atoms with Crippen LogP contribution in [-0.2, 0) is 0 Å². The lowest BCUT2D eigenvalue weighted by Gasteiger charge is -2.27. The standard InChI is InChI=1S/C15H32N2/c1-3-4-9-12-16-13-14-17(2)15-10-7-5-6-8-11-15/h15-16H,3-14H2,1-2H3. The van der Waals surface area contributed by atoms with Crippen LogP contribution in [-0.4, -0.2) is 37.6 Å². The lowest BCUT2D eigenvalue weighted by atomic mass is 10.1. The molecule has 1 aliphatic rings. The van der Waals surface area contributed by atoms with Crippen LogP contribution in [0, 0.1) is 0 Å². The monoisotopic (exact) mass is 240 g/mol. The van der Waals surface area contributed by atoms with Crippen LogP contribution in [0.5, 0.6) is 0 Å². The first-order valence-corrected chi connectivity index (χ1v) is 7.75. The summed E-state index contributed by atoms with van der Waals surface area (Å²) in [4.78, 5) is 2.58. The minimum atomic E-state index is 0.856. The van der Waals surface area contributed by atoms with Crippen molar-refractivity contribution in [1.82, 2.24) is 10.2 Å². The van der Waals surface area contributed by atoms with Gasteiger partial charge in [0.2, 0.25) is 0 Å². The summed E-state index contributed by atoms with van der Waals surface area (Å²) < 4.78 is 0. The molecule has 1 saturated carbocycles. The summed E-state index contributed by atoms with van der Waals surface area (Å²) >= 11 is 0. The van der Waals surface area contributed by atoms with Crippen LogP contribution in [0.4, 0.5) is 0 Å². The lowest BCUT2D eigenvalue weighted by Crippen LogP contribution is -2.37. The summed E-state index contributed by atoms with van der Waals surface area (Å²) in [6, 6.07) is 0.856. The van der Waals surface area contributed by atoms with E-state index in [2.05, 4.69) is 24.2 Å². The molecule has 0 bridgehead atoms. The van der Waals surface area contributed by atoms with E-state index in [0.29, 0.717) is 0 Å². The van der Waals surface area contributed by atoms with Crippen LogP contribution in [0.2, 0.25) is 0 Å². The van der Waals surface area contributed by atoms with Crippen LogP contribution >= 0.6 is 0 Å². The van der Waals surface area contributed by atoms with Crippen molar-refractivity contribution in [3.8, 4) is 0 Å². The molecule has 0 aliphatic heterocycles. The predicted molar refractivity (Wildman–Crippen MR) is 76.5 cm³/mol. The minimum absolute atomic E-state index is 0.856. The third kappa shape index (κ3) is 7.05. The zero-order valence-electron chi connectivity index (χ0n) is 12.0. The van der Waals surface area contributed by atoms with Gasteiger partial charge in [-0.1, -0.05) is 45.4 Å². The Bertz CT molecular complexity index is 162. The second-order valence-electron chi connectivity index (χ2n) is 5.58. The fourth-order valence-electron chi connectivity index (χ4n) is 2.76. The van der Waals surface area contributed by atoms with Gasteiger partial charge in [0.25, 0.3) is 0 Å². The first-order valence-electron chi connectivity index (χ1n) is 7.75. The summed E-state index contributed by atoms with van der Waals surface area (Å²) in [5, 5.41) is 3.56. The first kappa shape index (κ1) is 15.0. The molecule has 0 aromatic rings. The average Bonchev–Trinajstić information content (AvgIpc) is 2.62. The summed E-state index contributed by atoms with van der Waals surface area (Å²) in [5.74, 6) is 0. The summed E-state index contributed by atoms with van der Waals surface area (Å²) in [5.41, 5.74) is 0. The Morgan fingerprint density at radius 3 is 2.35 bits per heavy atom. The maximum Gasteiger partial charge on any atom is 0.0107 e. The topological polar surface area (TPSA) is 15.3 Å². The highest BCUT2D eigenvalue weighted by Crippen LogP contribution is 2.20. The molecule has 0 amide bonds. The van der Waals surface area contributed by atoms with Gasteiger partial charge in [-0.2, -0.15) is 0 Å². The van der Waals surface area contributed by atoms with Crippen molar-refractivity contribution in [2.45, 2.75) is 70.8 Å². The van der Waals surface area contributed by atoms with Crippen molar-refractivity contribution < 1.29 is 0 Å². The van der Waals surface area contributed by atoms with E-state index in [4.69, 9.17) is 0 Å². The molecule has 1 fully saturated rings. The Morgan fingerprint density at radius 2 is 1.71 bits per heavy atom. The van der Waals surface area contributed by atoms with E-state index in [1.165, 1.54) is 70.9 Å². The van der Waals surface area contributed by atoms with Gasteiger partial charge in [-0.25, -0.2) is 0 Å². The number of rotatable bonds is 8. The molecule has 0 aromatic heterocycles. The highest BCUT2D eigenvalue weighted by molar-refractivity contribution is 4.72. The lowest BCUT2D eigenvalue weighted by molar-refractivity contribution is 0.221. The SMILES string of the molecule is CCCCCNCCN(C)C1CCCCCC1. The van der Waals surface area contributed by atoms with E-state index < -0.39 is 0 Å². The number of hydrogen-bond donors (Lipinski definition) is 1. The fourth-order valence-corrected chi connectivity index (χ4v) is 2.76. The van der Waals surface area contributed by atoms with Gasteiger partial charge in [-0.05, 0) is 32.9 Å². The Kier molecular flexibility index (Phi) is 8.72. The van der Waals surface area contributed by atoms with Gasteiger partial charge < -0.3 is 10.2 Å². The Balaban J connectivity index is 2.01. The predicted octanol–water partition coefficient (Wildman–Crippen LogP) is 3.42. The largest absolute Gasteiger partial charge is 0.315 e. The molecule has 0 saturated heterocycles. The molecule has 2 heteroatoms. The summed E-state index contributed by atoms with van der Waals surface area (Å²) in [7, 11) is 2.31. The van der Waals surface area contributed by atoms with Crippen molar-refractivity contribution in [2.75, 3.05) is 26.7 Å². The van der Waals surface area contributed by atoms with Gasteiger partial charge in [-0.15, -0.1) is 0 Å². The second kappa shape index (κ2) is 9.90. The Morgan fingerprint density at radius 1 is 1.00 bits per heavy atom. The maximum absolute atomic E-state index is 3.56. The molecule has 0 aromatic carbocycles. The Labute approximate surface area is 108 Å². The molecule has 1 aliphatic carbocycles. The molecule has 1 rings (SSSR count). The molecule has 0 radical (unpaired) electrons. The van der Waals surface area contributed by atoms with Crippen LogP contribution < -0.4 is 5.32 Å². The van der Waals surface area contributed by atoms with Gasteiger partial charge in [0.15, 0.2) is 0 Å². The summed E-state index contributed by atoms with van der Waals surface area (Å²) in [6.07, 6.45) is 12.7. The number of unbranched alkanes of at least 4 members (excludes halogenated alkanes) is 2. The summed E-state index contributed by atoms with van der Waals surface area (Å²) in [6.45, 7) is 5.85. The van der Waals surface area contributed by atoms with Gasteiger partial charge >= 0.3 is 0 Å². The van der Waals surface area contributed by atoms with Gasteiger partial charge in [0.1, 0.15) is 0 Å². The quantitative estimate of drug-likeness (QED) is 0.516. The van der Waals surface area contributed by atoms with E-state index in [0.717, 1.165) is 12.6 Å². The molecule has 0 unspecified atom stereocenters. The van der Waals surface area contributed by atoms with Crippen molar-refractivity contribution in [2.24, 2.45) is 0 Å². The molecule has 0 heterocycles.